The van der Waals surface area contributed by atoms with Crippen molar-refractivity contribution in [3.63, 3.8) is 0 Å². The zero-order chi connectivity index (χ0) is 25.8. The number of benzene rings is 1. The van der Waals surface area contributed by atoms with Crippen LogP contribution >= 0.6 is 11.6 Å². The number of carbonyl (C=O) groups is 2. The quantitative estimate of drug-likeness (QED) is 0.362. The van der Waals surface area contributed by atoms with Gasteiger partial charge in [-0.2, -0.15) is 0 Å². The summed E-state index contributed by atoms with van der Waals surface area (Å²) in [5.41, 5.74) is 1.63. The van der Waals surface area contributed by atoms with Gasteiger partial charge >= 0.3 is 0 Å². The maximum atomic E-state index is 13.1. The first-order chi connectivity index (χ1) is 18.0. The van der Waals surface area contributed by atoms with Gasteiger partial charge in [0.25, 0.3) is 11.7 Å². The normalized spacial score (nSPS) is 19.7. The molecule has 2 N–H and O–H groups in total. The number of Topliss-reactive ketones (excluding diaryl/α,β-unsaturated/α-hetero) is 1. The number of anilines is 1. The summed E-state index contributed by atoms with van der Waals surface area (Å²) in [7, 11) is 0. The lowest BCUT2D eigenvalue weighted by Gasteiger charge is -2.29. The maximum absolute atomic E-state index is 13.1. The summed E-state index contributed by atoms with van der Waals surface area (Å²) >= 11 is 6.44. The van der Waals surface area contributed by atoms with E-state index in [4.69, 9.17) is 16.3 Å². The van der Waals surface area contributed by atoms with Crippen molar-refractivity contribution in [2.75, 3.05) is 37.6 Å². The second kappa shape index (κ2) is 11.7. The van der Waals surface area contributed by atoms with Gasteiger partial charge in [0, 0.05) is 31.4 Å². The molecule has 2 heterocycles. The molecule has 0 bridgehead atoms. The molecule has 8 heteroatoms. The van der Waals surface area contributed by atoms with Crippen LogP contribution in [-0.4, -0.2) is 66.6 Å². The SMILES string of the molecule is O=C(N[C@H](CN1CCCC1)[C@H](O)c1ccc(OC2CC2)c(Cl)c1)C(=O)c1c#ccc(N2CCCCC2)c1. The summed E-state index contributed by atoms with van der Waals surface area (Å²) in [6.07, 6.45) is 6.78. The Balaban J connectivity index is 1.30. The number of nitrogens with one attached hydrogen (secondary N) is 1. The Morgan fingerprint density at radius 2 is 1.81 bits per heavy atom. The van der Waals surface area contributed by atoms with Gasteiger partial charge in [0.15, 0.2) is 0 Å². The zero-order valence-electron chi connectivity index (χ0n) is 21.0. The topological polar surface area (TPSA) is 82.1 Å². The number of ketones is 1. The molecule has 2 saturated heterocycles. The van der Waals surface area contributed by atoms with Gasteiger partial charge in [-0.1, -0.05) is 29.8 Å². The predicted octanol–water partition coefficient (Wildman–Crippen LogP) is 3.97. The second-order valence-corrected chi connectivity index (χ2v) is 10.7. The monoisotopic (exact) mass is 523 g/mol. The zero-order valence-corrected chi connectivity index (χ0v) is 21.8. The van der Waals surface area contributed by atoms with E-state index in [2.05, 4.69) is 27.2 Å². The average molecular weight is 524 g/mol. The van der Waals surface area contributed by atoms with Crippen molar-refractivity contribution in [1.82, 2.24) is 10.2 Å². The van der Waals surface area contributed by atoms with Crippen LogP contribution in [0.25, 0.3) is 0 Å². The van der Waals surface area contributed by atoms with Crippen molar-refractivity contribution in [3.8, 4) is 5.75 Å². The Kier molecular flexibility index (Phi) is 8.19. The van der Waals surface area contributed by atoms with Gasteiger partial charge in [-0.05, 0) is 81.8 Å². The van der Waals surface area contributed by atoms with Gasteiger partial charge in [-0.3, -0.25) is 9.59 Å². The molecule has 0 radical (unpaired) electrons. The molecule has 2 aliphatic heterocycles. The second-order valence-electron chi connectivity index (χ2n) is 10.3. The number of halogens is 1. The highest BCUT2D eigenvalue weighted by Gasteiger charge is 2.30. The highest BCUT2D eigenvalue weighted by Crippen LogP contribution is 2.34. The van der Waals surface area contributed by atoms with E-state index in [1.807, 2.05) is 0 Å². The van der Waals surface area contributed by atoms with Crippen LogP contribution in [0.3, 0.4) is 0 Å². The molecule has 0 unspecified atom stereocenters. The molecule has 1 saturated carbocycles. The molecule has 196 valence electrons. The third-order valence-electron chi connectivity index (χ3n) is 7.36. The Morgan fingerprint density at radius 1 is 1.08 bits per heavy atom. The molecule has 2 atom stereocenters. The van der Waals surface area contributed by atoms with Crippen LogP contribution in [0.4, 0.5) is 5.69 Å². The number of aliphatic hydroxyl groups is 1. The molecule has 1 amide bonds. The van der Waals surface area contributed by atoms with Crippen LogP contribution in [0.15, 0.2) is 30.3 Å². The van der Waals surface area contributed by atoms with Gasteiger partial charge in [0.2, 0.25) is 0 Å². The highest BCUT2D eigenvalue weighted by atomic mass is 35.5. The first-order valence-corrected chi connectivity index (χ1v) is 13.8. The molecule has 3 aliphatic rings. The van der Waals surface area contributed by atoms with E-state index in [1.165, 1.54) is 6.42 Å². The van der Waals surface area contributed by atoms with Crippen molar-refractivity contribution in [2.24, 2.45) is 0 Å². The number of rotatable bonds is 10. The first-order valence-electron chi connectivity index (χ1n) is 13.4. The lowest BCUT2D eigenvalue weighted by atomic mass is 10.0. The fraction of sp³-hybridized carbons (Fsp3) is 0.517. The van der Waals surface area contributed by atoms with Crippen LogP contribution in [0.1, 0.15) is 67.0 Å². The van der Waals surface area contributed by atoms with E-state index in [9.17, 15) is 14.7 Å². The minimum absolute atomic E-state index is 0.180. The number of hydrogen-bond acceptors (Lipinski definition) is 6. The smallest absolute Gasteiger partial charge is 0.293 e. The maximum Gasteiger partial charge on any atom is 0.293 e. The van der Waals surface area contributed by atoms with Crippen LogP contribution in [0, 0.1) is 12.1 Å². The van der Waals surface area contributed by atoms with Crippen LogP contribution in [0.5, 0.6) is 5.75 Å². The number of likely N-dealkylation sites (tertiary alicyclic amines) is 1. The van der Waals surface area contributed by atoms with E-state index < -0.39 is 23.8 Å². The molecule has 2 aromatic rings. The van der Waals surface area contributed by atoms with E-state index in [1.54, 1.807) is 30.3 Å². The molecular weight excluding hydrogens is 490 g/mol. The number of amides is 1. The molecule has 7 nitrogen and oxygen atoms in total. The molecule has 5 rings (SSSR count). The van der Waals surface area contributed by atoms with Gasteiger partial charge in [-0.15, -0.1) is 0 Å². The predicted molar refractivity (Wildman–Crippen MR) is 142 cm³/mol. The summed E-state index contributed by atoms with van der Waals surface area (Å²) in [6.45, 7) is 4.07. The minimum Gasteiger partial charge on any atom is -0.489 e. The number of aliphatic hydroxyl groups excluding tert-OH is 1. The van der Waals surface area contributed by atoms with Crippen molar-refractivity contribution in [3.05, 3.63) is 58.6 Å². The van der Waals surface area contributed by atoms with E-state index >= 15 is 0 Å². The Bertz CT molecular complexity index is 1110. The molecule has 0 spiro atoms. The van der Waals surface area contributed by atoms with Crippen LogP contribution in [-0.2, 0) is 4.79 Å². The van der Waals surface area contributed by atoms with Gasteiger partial charge in [0.05, 0.1) is 22.7 Å². The first kappa shape index (κ1) is 25.8. The minimum atomic E-state index is -1.04. The third kappa shape index (κ3) is 6.56. The molecule has 2 aromatic carbocycles. The van der Waals surface area contributed by atoms with Crippen molar-refractivity contribution in [1.29, 1.82) is 0 Å². The highest BCUT2D eigenvalue weighted by molar-refractivity contribution is 6.42. The summed E-state index contributed by atoms with van der Waals surface area (Å²) in [6, 6.07) is 13.7. The Labute approximate surface area is 223 Å². The average Bonchev–Trinajstić information content (AvgIpc) is 3.60. The third-order valence-corrected chi connectivity index (χ3v) is 7.65. The Hall–Kier alpha value is -2.79. The van der Waals surface area contributed by atoms with Crippen LogP contribution < -0.4 is 15.0 Å². The lowest BCUT2D eigenvalue weighted by Crippen LogP contribution is -2.48. The molecule has 37 heavy (non-hydrogen) atoms. The number of carbonyl (C=O) groups excluding carboxylic acids is 2. The number of ether oxygens (including phenoxy) is 1. The molecular formula is C29H34ClN3O4. The van der Waals surface area contributed by atoms with Gasteiger partial charge in [-0.25, -0.2) is 0 Å². The molecule has 3 fully saturated rings. The standard InChI is InChI=1S/C29H34ClN3O4/c30-24-18-21(9-12-26(24)37-23-10-11-23)27(34)25(19-32-13-4-5-14-32)31-29(36)28(35)20-7-6-8-22(17-20)33-15-2-1-3-16-33/h8-9,12,17-18,23,25,27,34H,1-5,10-11,13-16,19H2,(H,31,36)/t25-,27-/m1/s1. The van der Waals surface area contributed by atoms with Crippen molar-refractivity contribution in [2.45, 2.75) is 63.2 Å². The molecule has 0 aromatic heterocycles. The van der Waals surface area contributed by atoms with Crippen molar-refractivity contribution < 1.29 is 19.4 Å². The fourth-order valence-corrected chi connectivity index (χ4v) is 5.32. The van der Waals surface area contributed by atoms with Crippen molar-refractivity contribution >= 4 is 29.0 Å². The number of hydrogen-bond donors (Lipinski definition) is 2. The van der Waals surface area contributed by atoms with E-state index in [0.29, 0.717) is 22.9 Å². The number of nitrogens with zero attached hydrogens (tertiary/aromatic N) is 2. The summed E-state index contributed by atoms with van der Waals surface area (Å²) in [5.74, 6) is -0.848. The van der Waals surface area contributed by atoms with Gasteiger partial charge in [0.1, 0.15) is 11.9 Å². The summed E-state index contributed by atoms with van der Waals surface area (Å²) in [5, 5.41) is 14.5. The number of piperidine rings is 1. The van der Waals surface area contributed by atoms with Crippen LogP contribution in [0.2, 0.25) is 5.02 Å². The Morgan fingerprint density at radius 3 is 2.51 bits per heavy atom. The summed E-state index contributed by atoms with van der Waals surface area (Å²) < 4.78 is 5.81. The summed E-state index contributed by atoms with van der Waals surface area (Å²) in [4.78, 5) is 30.6. The molecule has 1 aliphatic carbocycles. The lowest BCUT2D eigenvalue weighted by molar-refractivity contribution is -0.118. The van der Waals surface area contributed by atoms with E-state index in [0.717, 1.165) is 70.4 Å². The largest absolute Gasteiger partial charge is 0.489 e. The van der Waals surface area contributed by atoms with Gasteiger partial charge < -0.3 is 25.0 Å². The van der Waals surface area contributed by atoms with E-state index in [-0.39, 0.29) is 11.7 Å². The fourth-order valence-electron chi connectivity index (χ4n) is 5.09.